The molecule has 108 valence electrons. The Labute approximate surface area is 124 Å². The lowest BCUT2D eigenvalue weighted by Crippen LogP contribution is -2.35. The van der Waals surface area contributed by atoms with E-state index in [1.54, 1.807) is 7.11 Å². The summed E-state index contributed by atoms with van der Waals surface area (Å²) in [6.45, 7) is 8.65. The van der Waals surface area contributed by atoms with Crippen LogP contribution in [0.1, 0.15) is 32.8 Å². The molecule has 0 saturated carbocycles. The third-order valence-electron chi connectivity index (χ3n) is 2.60. The van der Waals surface area contributed by atoms with Crippen LogP contribution in [0.15, 0.2) is 22.7 Å². The third kappa shape index (κ3) is 6.41. The molecule has 0 atom stereocenters. The maximum absolute atomic E-state index is 5.87. The Morgan fingerprint density at radius 2 is 1.95 bits per heavy atom. The van der Waals surface area contributed by atoms with Crippen LogP contribution in [0.4, 0.5) is 0 Å². The van der Waals surface area contributed by atoms with Crippen molar-refractivity contribution >= 4 is 15.9 Å². The van der Waals surface area contributed by atoms with Crippen molar-refractivity contribution in [2.75, 3.05) is 20.3 Å². The van der Waals surface area contributed by atoms with Gasteiger partial charge in [0.1, 0.15) is 5.75 Å². The van der Waals surface area contributed by atoms with Gasteiger partial charge in [-0.15, -0.1) is 0 Å². The van der Waals surface area contributed by atoms with Crippen molar-refractivity contribution in [2.24, 2.45) is 0 Å². The largest absolute Gasteiger partial charge is 0.492 e. The Bertz CT molecular complexity index is 388. The first-order valence-corrected chi connectivity index (χ1v) is 7.37. The number of halogens is 1. The predicted molar refractivity (Wildman–Crippen MR) is 82.7 cm³/mol. The maximum atomic E-state index is 5.87. The first-order chi connectivity index (χ1) is 8.94. The molecule has 19 heavy (non-hydrogen) atoms. The topological polar surface area (TPSA) is 30.5 Å². The second kappa shape index (κ2) is 7.88. The summed E-state index contributed by atoms with van der Waals surface area (Å²) < 4.78 is 11.9. The van der Waals surface area contributed by atoms with Gasteiger partial charge in [-0.1, -0.05) is 12.1 Å². The van der Waals surface area contributed by atoms with E-state index in [2.05, 4.69) is 48.1 Å². The van der Waals surface area contributed by atoms with Crippen LogP contribution in [-0.4, -0.2) is 25.9 Å². The third-order valence-corrected chi connectivity index (χ3v) is 3.22. The number of methoxy groups -OCH3 is 1. The highest BCUT2D eigenvalue weighted by Crippen LogP contribution is 2.29. The highest BCUT2D eigenvalue weighted by atomic mass is 79.9. The zero-order chi connectivity index (χ0) is 14.3. The number of rotatable bonds is 7. The zero-order valence-electron chi connectivity index (χ0n) is 12.3. The molecule has 0 heterocycles. The number of ether oxygens (including phenoxy) is 2. The Balaban J connectivity index is 2.66. The van der Waals surface area contributed by atoms with E-state index >= 15 is 0 Å². The molecule has 1 aromatic carbocycles. The fraction of sp³-hybridized carbons (Fsp3) is 0.600. The molecule has 0 radical (unpaired) electrons. The van der Waals surface area contributed by atoms with Gasteiger partial charge in [0.15, 0.2) is 0 Å². The van der Waals surface area contributed by atoms with Gasteiger partial charge in [-0.2, -0.15) is 0 Å². The first kappa shape index (κ1) is 16.5. The van der Waals surface area contributed by atoms with Gasteiger partial charge >= 0.3 is 0 Å². The molecule has 0 amide bonds. The van der Waals surface area contributed by atoms with Crippen molar-refractivity contribution in [3.8, 4) is 5.75 Å². The van der Waals surface area contributed by atoms with Gasteiger partial charge < -0.3 is 14.8 Å². The molecule has 0 unspecified atom stereocenters. The van der Waals surface area contributed by atoms with E-state index in [4.69, 9.17) is 9.47 Å². The molecule has 0 aliphatic carbocycles. The lowest BCUT2D eigenvalue weighted by Gasteiger charge is -2.22. The van der Waals surface area contributed by atoms with E-state index < -0.39 is 0 Å². The summed E-state index contributed by atoms with van der Waals surface area (Å²) in [5, 5.41) is 3.48. The van der Waals surface area contributed by atoms with Crippen molar-refractivity contribution in [3.05, 3.63) is 28.2 Å². The molecule has 1 N–H and O–H groups in total. The van der Waals surface area contributed by atoms with Gasteiger partial charge in [-0.3, -0.25) is 0 Å². The van der Waals surface area contributed by atoms with E-state index in [-0.39, 0.29) is 5.54 Å². The lowest BCUT2D eigenvalue weighted by molar-refractivity contribution is 0.171. The average molecular weight is 330 g/mol. The minimum absolute atomic E-state index is 0.0929. The molecule has 0 aliphatic heterocycles. The fourth-order valence-electron chi connectivity index (χ4n) is 1.59. The summed E-state index contributed by atoms with van der Waals surface area (Å²) in [6.07, 6.45) is 0.893. The van der Waals surface area contributed by atoms with Crippen molar-refractivity contribution in [2.45, 2.75) is 39.3 Å². The van der Waals surface area contributed by atoms with Gasteiger partial charge in [0.05, 0.1) is 11.1 Å². The molecule has 0 saturated heterocycles. The van der Waals surface area contributed by atoms with E-state index in [0.29, 0.717) is 6.61 Å². The Hall–Kier alpha value is -0.580. The Morgan fingerprint density at radius 3 is 2.58 bits per heavy atom. The molecular weight excluding hydrogens is 306 g/mol. The first-order valence-electron chi connectivity index (χ1n) is 6.58. The van der Waals surface area contributed by atoms with Crippen LogP contribution >= 0.6 is 15.9 Å². The Morgan fingerprint density at radius 1 is 1.21 bits per heavy atom. The minimum Gasteiger partial charge on any atom is -0.492 e. The van der Waals surface area contributed by atoms with Gasteiger partial charge in [0.25, 0.3) is 0 Å². The molecule has 3 nitrogen and oxygen atoms in total. The van der Waals surface area contributed by atoms with Crippen LogP contribution in [0.25, 0.3) is 0 Å². The number of benzene rings is 1. The normalized spacial score (nSPS) is 11.6. The number of nitrogens with one attached hydrogen (secondary N) is 1. The number of hydrogen-bond donors (Lipinski definition) is 1. The summed E-state index contributed by atoms with van der Waals surface area (Å²) in [7, 11) is 1.71. The molecule has 1 aromatic rings. The quantitative estimate of drug-likeness (QED) is 0.773. The van der Waals surface area contributed by atoms with E-state index in [0.717, 1.165) is 29.8 Å². The average Bonchev–Trinajstić information content (AvgIpc) is 2.33. The van der Waals surface area contributed by atoms with Crippen LogP contribution in [0.2, 0.25) is 0 Å². The molecular formula is C15H24BrNO2. The SMILES string of the molecule is COCCCOc1c(Br)cccc1CNC(C)(C)C. The van der Waals surface area contributed by atoms with Crippen molar-refractivity contribution in [1.82, 2.24) is 5.32 Å². The van der Waals surface area contributed by atoms with E-state index in [9.17, 15) is 0 Å². The van der Waals surface area contributed by atoms with Crippen molar-refractivity contribution in [1.29, 1.82) is 0 Å². The molecule has 4 heteroatoms. The van der Waals surface area contributed by atoms with Gasteiger partial charge in [-0.05, 0) is 42.8 Å². The van der Waals surface area contributed by atoms with Crippen molar-refractivity contribution < 1.29 is 9.47 Å². The lowest BCUT2D eigenvalue weighted by atomic mass is 10.1. The highest BCUT2D eigenvalue weighted by molar-refractivity contribution is 9.10. The van der Waals surface area contributed by atoms with Crippen LogP contribution in [0.3, 0.4) is 0 Å². The van der Waals surface area contributed by atoms with Crippen LogP contribution in [0.5, 0.6) is 5.75 Å². The van der Waals surface area contributed by atoms with Crippen LogP contribution in [0, 0.1) is 0 Å². The summed E-state index contributed by atoms with van der Waals surface area (Å²) in [5.74, 6) is 0.926. The number of hydrogen-bond acceptors (Lipinski definition) is 3. The molecule has 0 bridgehead atoms. The van der Waals surface area contributed by atoms with Gasteiger partial charge in [-0.25, -0.2) is 0 Å². The summed E-state index contributed by atoms with van der Waals surface area (Å²) in [5.41, 5.74) is 1.26. The monoisotopic (exact) mass is 329 g/mol. The fourth-order valence-corrected chi connectivity index (χ4v) is 2.11. The van der Waals surface area contributed by atoms with E-state index in [1.165, 1.54) is 5.56 Å². The summed E-state index contributed by atoms with van der Waals surface area (Å²) in [4.78, 5) is 0. The van der Waals surface area contributed by atoms with E-state index in [1.807, 2.05) is 12.1 Å². The predicted octanol–water partition coefficient (Wildman–Crippen LogP) is 3.75. The molecule has 0 fully saturated rings. The highest BCUT2D eigenvalue weighted by Gasteiger charge is 2.12. The second-order valence-electron chi connectivity index (χ2n) is 5.53. The minimum atomic E-state index is 0.0929. The number of para-hydroxylation sites is 1. The second-order valence-corrected chi connectivity index (χ2v) is 6.38. The standard InChI is InChI=1S/C15H24BrNO2/c1-15(2,3)17-11-12-7-5-8-13(16)14(12)19-10-6-9-18-4/h5,7-8,17H,6,9-11H2,1-4H3. The molecule has 1 rings (SSSR count). The Kier molecular flexibility index (Phi) is 6.83. The maximum Gasteiger partial charge on any atom is 0.137 e. The molecule has 0 aromatic heterocycles. The zero-order valence-corrected chi connectivity index (χ0v) is 13.8. The van der Waals surface area contributed by atoms with Gasteiger partial charge in [0.2, 0.25) is 0 Å². The van der Waals surface area contributed by atoms with Crippen LogP contribution in [-0.2, 0) is 11.3 Å². The van der Waals surface area contributed by atoms with Crippen LogP contribution < -0.4 is 10.1 Å². The summed E-state index contributed by atoms with van der Waals surface area (Å²) >= 11 is 3.55. The smallest absolute Gasteiger partial charge is 0.137 e. The van der Waals surface area contributed by atoms with Gasteiger partial charge in [0, 0.05) is 37.8 Å². The van der Waals surface area contributed by atoms with Crippen molar-refractivity contribution in [3.63, 3.8) is 0 Å². The summed E-state index contributed by atoms with van der Waals surface area (Å²) in [6, 6.07) is 6.13. The molecule has 0 aliphatic rings. The molecule has 0 spiro atoms.